The van der Waals surface area contributed by atoms with E-state index in [2.05, 4.69) is 55.3 Å². The molecule has 0 atom stereocenters. The number of benzene rings is 1. The Balaban J connectivity index is 2.50. The predicted molar refractivity (Wildman–Crippen MR) is 85.9 cm³/mol. The third kappa shape index (κ3) is 7.04. The van der Waals surface area contributed by atoms with Crippen molar-refractivity contribution >= 4 is 0 Å². The molecule has 0 spiro atoms. The van der Waals surface area contributed by atoms with Crippen LogP contribution < -0.4 is 5.32 Å². The van der Waals surface area contributed by atoms with Gasteiger partial charge in [0.15, 0.2) is 0 Å². The highest BCUT2D eigenvalue weighted by atomic mass is 16.5. The minimum absolute atomic E-state index is 0.525. The fraction of sp³-hybridized carbons (Fsp3) is 0.647. The van der Waals surface area contributed by atoms with Crippen LogP contribution in [-0.2, 0) is 17.8 Å². The molecule has 0 saturated heterocycles. The van der Waals surface area contributed by atoms with Crippen LogP contribution in [-0.4, -0.2) is 37.2 Å². The second-order valence-electron chi connectivity index (χ2n) is 5.42. The molecular formula is C17H30N2O. The van der Waals surface area contributed by atoms with E-state index in [0.717, 1.165) is 39.4 Å². The zero-order valence-electron chi connectivity index (χ0n) is 13.5. The summed E-state index contributed by atoms with van der Waals surface area (Å²) in [5.74, 6) is 0. The lowest BCUT2D eigenvalue weighted by Gasteiger charge is -2.20. The monoisotopic (exact) mass is 278 g/mol. The third-order valence-corrected chi connectivity index (χ3v) is 3.32. The number of ether oxygens (including phenoxy) is 1. The molecule has 0 aromatic heterocycles. The number of likely N-dealkylation sites (N-methyl/N-ethyl adjacent to an activating group) is 1. The Morgan fingerprint density at radius 2 is 1.95 bits per heavy atom. The second kappa shape index (κ2) is 9.92. The quantitative estimate of drug-likeness (QED) is 0.666. The maximum Gasteiger partial charge on any atom is 0.0593 e. The molecule has 3 heteroatoms. The normalized spacial score (nSPS) is 11.5. The molecule has 0 fully saturated rings. The molecule has 0 unspecified atom stereocenters. The van der Waals surface area contributed by atoms with Crippen LogP contribution in [0.25, 0.3) is 0 Å². The summed E-state index contributed by atoms with van der Waals surface area (Å²) >= 11 is 0. The first-order chi connectivity index (χ1) is 9.65. The first-order valence-corrected chi connectivity index (χ1v) is 7.77. The van der Waals surface area contributed by atoms with Gasteiger partial charge in [-0.15, -0.1) is 0 Å². The van der Waals surface area contributed by atoms with Crippen molar-refractivity contribution in [2.75, 3.05) is 26.3 Å². The summed E-state index contributed by atoms with van der Waals surface area (Å²) in [6.45, 7) is 14.2. The molecule has 114 valence electrons. The standard InChI is InChI=1S/C17H30N2O/c1-5-19(10-11-20-6-2)14-17-9-7-8-16(12-17)13-18-15(3)4/h7-9,12,15,18H,5-6,10-11,13-14H2,1-4H3. The fourth-order valence-electron chi connectivity index (χ4n) is 2.11. The van der Waals surface area contributed by atoms with Gasteiger partial charge in [-0.1, -0.05) is 45.0 Å². The molecule has 0 amide bonds. The number of hydrogen-bond donors (Lipinski definition) is 1. The van der Waals surface area contributed by atoms with Crippen LogP contribution in [0.1, 0.15) is 38.8 Å². The summed E-state index contributed by atoms with van der Waals surface area (Å²) in [7, 11) is 0. The maximum atomic E-state index is 5.44. The van der Waals surface area contributed by atoms with E-state index < -0.39 is 0 Å². The van der Waals surface area contributed by atoms with Crippen LogP contribution >= 0.6 is 0 Å². The van der Waals surface area contributed by atoms with Crippen molar-refractivity contribution in [3.8, 4) is 0 Å². The number of rotatable bonds is 10. The van der Waals surface area contributed by atoms with Gasteiger partial charge in [-0.05, 0) is 24.6 Å². The van der Waals surface area contributed by atoms with E-state index in [-0.39, 0.29) is 0 Å². The molecule has 0 saturated carbocycles. The van der Waals surface area contributed by atoms with E-state index in [4.69, 9.17) is 4.74 Å². The van der Waals surface area contributed by atoms with Gasteiger partial charge in [-0.25, -0.2) is 0 Å². The lowest BCUT2D eigenvalue weighted by atomic mass is 10.1. The lowest BCUT2D eigenvalue weighted by Crippen LogP contribution is -2.27. The predicted octanol–water partition coefficient (Wildman–Crippen LogP) is 3.04. The third-order valence-electron chi connectivity index (χ3n) is 3.32. The summed E-state index contributed by atoms with van der Waals surface area (Å²) in [4.78, 5) is 2.42. The fourth-order valence-corrected chi connectivity index (χ4v) is 2.11. The molecule has 0 radical (unpaired) electrons. The molecule has 1 aromatic carbocycles. The highest BCUT2D eigenvalue weighted by molar-refractivity contribution is 5.23. The van der Waals surface area contributed by atoms with Gasteiger partial charge in [0.05, 0.1) is 6.61 Å². The first-order valence-electron chi connectivity index (χ1n) is 7.77. The van der Waals surface area contributed by atoms with Crippen LogP contribution in [0.15, 0.2) is 24.3 Å². The Labute approximate surface area is 124 Å². The van der Waals surface area contributed by atoms with E-state index in [1.165, 1.54) is 11.1 Å². The largest absolute Gasteiger partial charge is 0.380 e. The van der Waals surface area contributed by atoms with Gasteiger partial charge in [0.1, 0.15) is 0 Å². The number of hydrogen-bond acceptors (Lipinski definition) is 3. The van der Waals surface area contributed by atoms with Gasteiger partial charge in [-0.3, -0.25) is 4.90 Å². The van der Waals surface area contributed by atoms with Crippen molar-refractivity contribution in [1.82, 2.24) is 10.2 Å². The van der Waals surface area contributed by atoms with Crippen molar-refractivity contribution in [3.05, 3.63) is 35.4 Å². The smallest absolute Gasteiger partial charge is 0.0593 e. The molecule has 3 nitrogen and oxygen atoms in total. The van der Waals surface area contributed by atoms with Crippen molar-refractivity contribution in [1.29, 1.82) is 0 Å². The van der Waals surface area contributed by atoms with Crippen molar-refractivity contribution < 1.29 is 4.74 Å². The van der Waals surface area contributed by atoms with Gasteiger partial charge in [0, 0.05) is 32.3 Å². The maximum absolute atomic E-state index is 5.44. The van der Waals surface area contributed by atoms with E-state index in [1.807, 2.05) is 6.92 Å². The van der Waals surface area contributed by atoms with E-state index in [1.54, 1.807) is 0 Å². The van der Waals surface area contributed by atoms with E-state index in [9.17, 15) is 0 Å². The molecule has 20 heavy (non-hydrogen) atoms. The van der Waals surface area contributed by atoms with Crippen molar-refractivity contribution in [3.63, 3.8) is 0 Å². The minimum atomic E-state index is 0.525. The Kier molecular flexibility index (Phi) is 8.51. The highest BCUT2D eigenvalue weighted by Gasteiger charge is 2.04. The molecule has 0 heterocycles. The zero-order chi connectivity index (χ0) is 14.8. The molecule has 1 rings (SSSR count). The van der Waals surface area contributed by atoms with Crippen LogP contribution in [0.2, 0.25) is 0 Å². The van der Waals surface area contributed by atoms with Crippen LogP contribution in [0.5, 0.6) is 0 Å². The average molecular weight is 278 g/mol. The molecule has 0 bridgehead atoms. The zero-order valence-corrected chi connectivity index (χ0v) is 13.5. The first kappa shape index (κ1) is 17.2. The van der Waals surface area contributed by atoms with Gasteiger partial charge in [-0.2, -0.15) is 0 Å². The van der Waals surface area contributed by atoms with Gasteiger partial charge in [0.2, 0.25) is 0 Å². The highest BCUT2D eigenvalue weighted by Crippen LogP contribution is 2.08. The minimum Gasteiger partial charge on any atom is -0.380 e. The Morgan fingerprint density at radius 1 is 1.20 bits per heavy atom. The molecular weight excluding hydrogens is 248 g/mol. The van der Waals surface area contributed by atoms with Gasteiger partial charge < -0.3 is 10.1 Å². The summed E-state index contributed by atoms with van der Waals surface area (Å²) in [6.07, 6.45) is 0. The average Bonchev–Trinajstić information content (AvgIpc) is 2.44. The summed E-state index contributed by atoms with van der Waals surface area (Å²) in [5.41, 5.74) is 2.74. The molecule has 0 aliphatic carbocycles. The van der Waals surface area contributed by atoms with Gasteiger partial charge in [0.25, 0.3) is 0 Å². The van der Waals surface area contributed by atoms with Crippen LogP contribution in [0.3, 0.4) is 0 Å². The molecule has 1 N–H and O–H groups in total. The van der Waals surface area contributed by atoms with Crippen molar-refractivity contribution in [2.24, 2.45) is 0 Å². The topological polar surface area (TPSA) is 24.5 Å². The van der Waals surface area contributed by atoms with Crippen molar-refractivity contribution in [2.45, 2.75) is 46.8 Å². The lowest BCUT2D eigenvalue weighted by molar-refractivity contribution is 0.113. The Morgan fingerprint density at radius 3 is 2.60 bits per heavy atom. The summed E-state index contributed by atoms with van der Waals surface area (Å²) in [5, 5.41) is 3.46. The summed E-state index contributed by atoms with van der Waals surface area (Å²) < 4.78 is 5.44. The number of nitrogens with one attached hydrogen (secondary N) is 1. The Hall–Kier alpha value is -0.900. The second-order valence-corrected chi connectivity index (χ2v) is 5.42. The van der Waals surface area contributed by atoms with E-state index >= 15 is 0 Å². The van der Waals surface area contributed by atoms with Crippen LogP contribution in [0, 0.1) is 0 Å². The number of nitrogens with zero attached hydrogens (tertiary/aromatic N) is 1. The SMILES string of the molecule is CCOCCN(CC)Cc1cccc(CNC(C)C)c1. The molecule has 1 aromatic rings. The summed E-state index contributed by atoms with van der Waals surface area (Å²) in [6, 6.07) is 9.39. The Bertz CT molecular complexity index is 366. The molecule has 0 aliphatic rings. The molecule has 0 aliphatic heterocycles. The van der Waals surface area contributed by atoms with Gasteiger partial charge >= 0.3 is 0 Å². The van der Waals surface area contributed by atoms with Crippen LogP contribution in [0.4, 0.5) is 0 Å². The van der Waals surface area contributed by atoms with E-state index in [0.29, 0.717) is 6.04 Å².